The first-order chi connectivity index (χ1) is 8.04. The van der Waals surface area contributed by atoms with Crippen LogP contribution in [0, 0.1) is 0 Å². The van der Waals surface area contributed by atoms with Crippen molar-refractivity contribution in [2.24, 2.45) is 19.1 Å². The molecule has 1 aliphatic heterocycles. The lowest BCUT2D eigenvalue weighted by atomic mass is 10.3. The van der Waals surface area contributed by atoms with Crippen LogP contribution < -0.4 is 11.2 Å². The van der Waals surface area contributed by atoms with E-state index in [0.29, 0.717) is 11.6 Å². The molecule has 6 nitrogen and oxygen atoms in total. The Morgan fingerprint density at radius 2 is 2.00 bits per heavy atom. The largest absolute Gasteiger partial charge is 0.494 e. The summed E-state index contributed by atoms with van der Waals surface area (Å²) in [5, 5.41) is 10.4. The molecule has 0 atom stereocenters. The maximum Gasteiger partial charge on any atom is 0.333 e. The topological polar surface area (TPSA) is 76.6 Å². The highest BCUT2D eigenvalue weighted by atomic mass is 32.2. The SMILES string of the molecule is Cn1c(O)c(C2=NCCCS2)c(=O)n(C)c1=O. The number of hydrogen-bond acceptors (Lipinski definition) is 5. The number of hydrogen-bond donors (Lipinski definition) is 1. The standard InChI is InChI=1S/C10H13N3O3S/c1-12-8(14)6(7-11-4-3-5-17-7)9(15)13(2)10(12)16/h14H,3-5H2,1-2H3. The third-order valence-corrected chi connectivity index (χ3v) is 3.74. The summed E-state index contributed by atoms with van der Waals surface area (Å²) in [6.07, 6.45) is 0.959. The van der Waals surface area contributed by atoms with Crippen LogP contribution in [0.1, 0.15) is 12.0 Å². The molecule has 0 amide bonds. The number of aromatic nitrogens is 2. The van der Waals surface area contributed by atoms with Crippen LogP contribution in [0.4, 0.5) is 0 Å². The molecule has 17 heavy (non-hydrogen) atoms. The minimum Gasteiger partial charge on any atom is -0.494 e. The lowest BCUT2D eigenvalue weighted by molar-refractivity contribution is 0.410. The second kappa shape index (κ2) is 4.40. The van der Waals surface area contributed by atoms with Crippen LogP contribution in [0.2, 0.25) is 0 Å². The molecule has 0 fully saturated rings. The van der Waals surface area contributed by atoms with E-state index in [4.69, 9.17) is 0 Å². The Hall–Kier alpha value is -1.50. The van der Waals surface area contributed by atoms with Crippen LogP contribution >= 0.6 is 11.8 Å². The van der Waals surface area contributed by atoms with E-state index in [1.165, 1.54) is 25.9 Å². The van der Waals surface area contributed by atoms with Crippen molar-refractivity contribution in [1.82, 2.24) is 9.13 Å². The Labute approximate surface area is 102 Å². The number of thioether (sulfide) groups is 1. The summed E-state index contributed by atoms with van der Waals surface area (Å²) >= 11 is 1.43. The zero-order valence-corrected chi connectivity index (χ0v) is 10.5. The second-order valence-corrected chi connectivity index (χ2v) is 4.88. The first-order valence-corrected chi connectivity index (χ1v) is 6.19. The summed E-state index contributed by atoms with van der Waals surface area (Å²) in [6.45, 7) is 0.647. The Morgan fingerprint density at radius 3 is 2.59 bits per heavy atom. The molecule has 0 spiro atoms. The molecule has 0 saturated heterocycles. The van der Waals surface area contributed by atoms with Crippen LogP contribution in [-0.4, -0.2) is 31.6 Å². The van der Waals surface area contributed by atoms with E-state index in [-0.39, 0.29) is 11.4 Å². The van der Waals surface area contributed by atoms with Gasteiger partial charge in [-0.25, -0.2) is 4.79 Å². The van der Waals surface area contributed by atoms with Crippen LogP contribution in [0.3, 0.4) is 0 Å². The molecule has 7 heteroatoms. The zero-order chi connectivity index (χ0) is 12.6. The summed E-state index contributed by atoms with van der Waals surface area (Å²) in [5.41, 5.74) is -0.921. The van der Waals surface area contributed by atoms with Gasteiger partial charge in [0.05, 0.1) is 0 Å². The average molecular weight is 255 g/mol. The Bertz CT molecular complexity index is 600. The van der Waals surface area contributed by atoms with Gasteiger partial charge in [0.1, 0.15) is 10.6 Å². The first kappa shape index (κ1) is 12.0. The molecule has 0 saturated carbocycles. The molecule has 92 valence electrons. The summed E-state index contributed by atoms with van der Waals surface area (Å²) in [4.78, 5) is 27.7. The van der Waals surface area contributed by atoms with Gasteiger partial charge in [-0.15, -0.1) is 11.8 Å². The van der Waals surface area contributed by atoms with Crippen molar-refractivity contribution in [3.8, 4) is 5.88 Å². The van der Waals surface area contributed by atoms with E-state index < -0.39 is 11.2 Å². The smallest absolute Gasteiger partial charge is 0.333 e. The molecule has 1 aliphatic rings. The van der Waals surface area contributed by atoms with Crippen molar-refractivity contribution in [3.05, 3.63) is 26.4 Å². The quantitative estimate of drug-likeness (QED) is 0.745. The second-order valence-electron chi connectivity index (χ2n) is 3.79. The van der Waals surface area contributed by atoms with Crippen molar-refractivity contribution in [2.75, 3.05) is 12.3 Å². The fraction of sp³-hybridized carbons (Fsp3) is 0.500. The molecule has 0 aliphatic carbocycles. The predicted molar refractivity (Wildman–Crippen MR) is 67.1 cm³/mol. The molecule has 1 aromatic rings. The summed E-state index contributed by atoms with van der Waals surface area (Å²) in [6, 6.07) is 0. The number of rotatable bonds is 1. The van der Waals surface area contributed by atoms with Gasteiger partial charge < -0.3 is 5.11 Å². The monoisotopic (exact) mass is 255 g/mol. The van der Waals surface area contributed by atoms with Gasteiger partial charge in [-0.05, 0) is 6.42 Å². The fourth-order valence-corrected chi connectivity index (χ4v) is 2.60. The van der Waals surface area contributed by atoms with Gasteiger partial charge in [0.2, 0.25) is 5.88 Å². The van der Waals surface area contributed by atoms with Gasteiger partial charge in [0.15, 0.2) is 0 Å². The van der Waals surface area contributed by atoms with Gasteiger partial charge >= 0.3 is 5.69 Å². The van der Waals surface area contributed by atoms with E-state index in [9.17, 15) is 14.7 Å². The number of aliphatic imine (C=N–C) groups is 1. The fourth-order valence-electron chi connectivity index (χ4n) is 1.63. The van der Waals surface area contributed by atoms with Crippen LogP contribution in [0.15, 0.2) is 14.6 Å². The Balaban J connectivity index is 2.74. The minimum absolute atomic E-state index is 0.124. The molecule has 2 rings (SSSR count). The van der Waals surface area contributed by atoms with Crippen molar-refractivity contribution in [1.29, 1.82) is 0 Å². The third kappa shape index (κ3) is 1.90. The Kier molecular flexibility index (Phi) is 3.10. The van der Waals surface area contributed by atoms with Gasteiger partial charge in [-0.3, -0.25) is 18.9 Å². The summed E-state index contributed by atoms with van der Waals surface area (Å²) in [7, 11) is 2.82. The third-order valence-electron chi connectivity index (χ3n) is 2.64. The van der Waals surface area contributed by atoms with Gasteiger partial charge in [-0.2, -0.15) is 0 Å². The molecule has 0 radical (unpaired) electrons. The predicted octanol–water partition coefficient (Wildman–Crippen LogP) is -0.327. The highest BCUT2D eigenvalue weighted by molar-refractivity contribution is 8.14. The van der Waals surface area contributed by atoms with E-state index in [1.54, 1.807) is 0 Å². The normalized spacial score (nSPS) is 15.8. The average Bonchev–Trinajstić information content (AvgIpc) is 2.36. The number of aromatic hydroxyl groups is 1. The van der Waals surface area contributed by atoms with E-state index >= 15 is 0 Å². The van der Waals surface area contributed by atoms with E-state index in [2.05, 4.69) is 4.99 Å². The highest BCUT2D eigenvalue weighted by Crippen LogP contribution is 2.21. The van der Waals surface area contributed by atoms with E-state index in [0.717, 1.165) is 21.3 Å². The summed E-state index contributed by atoms with van der Waals surface area (Å²) in [5.74, 6) is 0.552. The minimum atomic E-state index is -0.544. The molecule has 2 heterocycles. The van der Waals surface area contributed by atoms with Gasteiger partial charge in [0, 0.05) is 26.4 Å². The Morgan fingerprint density at radius 1 is 1.29 bits per heavy atom. The van der Waals surface area contributed by atoms with Crippen LogP contribution in [0.5, 0.6) is 5.88 Å². The molecule has 0 aromatic carbocycles. The maximum absolute atomic E-state index is 12.0. The lowest BCUT2D eigenvalue weighted by Crippen LogP contribution is -2.40. The number of nitrogens with zero attached hydrogens (tertiary/aromatic N) is 3. The highest BCUT2D eigenvalue weighted by Gasteiger charge is 2.21. The van der Waals surface area contributed by atoms with Gasteiger partial charge in [0.25, 0.3) is 5.56 Å². The van der Waals surface area contributed by atoms with Gasteiger partial charge in [-0.1, -0.05) is 0 Å². The molecule has 0 bridgehead atoms. The lowest BCUT2D eigenvalue weighted by Gasteiger charge is -2.14. The maximum atomic E-state index is 12.0. The molecular formula is C10H13N3O3S. The van der Waals surface area contributed by atoms with Crippen molar-refractivity contribution in [2.45, 2.75) is 6.42 Å². The first-order valence-electron chi connectivity index (χ1n) is 5.20. The van der Waals surface area contributed by atoms with Crippen molar-refractivity contribution < 1.29 is 5.11 Å². The van der Waals surface area contributed by atoms with Crippen molar-refractivity contribution >= 4 is 16.8 Å². The van der Waals surface area contributed by atoms with Crippen molar-refractivity contribution in [3.63, 3.8) is 0 Å². The molecule has 0 unspecified atom stereocenters. The van der Waals surface area contributed by atoms with E-state index in [1.807, 2.05) is 0 Å². The molecule has 1 N–H and O–H groups in total. The molecule has 1 aromatic heterocycles. The van der Waals surface area contributed by atoms with Crippen LogP contribution in [0.25, 0.3) is 0 Å². The zero-order valence-electron chi connectivity index (χ0n) is 9.63. The van der Waals surface area contributed by atoms with Crippen LogP contribution in [-0.2, 0) is 14.1 Å². The summed E-state index contributed by atoms with van der Waals surface area (Å²) < 4.78 is 2.03. The molecular weight excluding hydrogens is 242 g/mol.